The fourth-order valence-electron chi connectivity index (χ4n) is 2.39. The fraction of sp³-hybridized carbons (Fsp3) is 0.294. The van der Waals surface area contributed by atoms with Gasteiger partial charge in [-0.2, -0.15) is 13.2 Å². The van der Waals surface area contributed by atoms with E-state index >= 15 is 0 Å². The third-order valence-electron chi connectivity index (χ3n) is 3.85. The zero-order valence-electron chi connectivity index (χ0n) is 13.8. The Labute approximate surface area is 144 Å². The normalized spacial score (nSPS) is 13.5. The van der Waals surface area contributed by atoms with E-state index in [-0.39, 0.29) is 11.6 Å². The number of hydrogen-bond acceptors (Lipinski definition) is 3. The Hall–Kier alpha value is -2.06. The van der Waals surface area contributed by atoms with E-state index in [0.29, 0.717) is 6.54 Å². The predicted molar refractivity (Wildman–Crippen MR) is 90.9 cm³/mol. The molecule has 0 radical (unpaired) electrons. The molecule has 0 bridgehead atoms. The first-order valence-corrected chi connectivity index (χ1v) is 9.07. The number of anilines is 1. The summed E-state index contributed by atoms with van der Waals surface area (Å²) in [6, 6.07) is 10.8. The van der Waals surface area contributed by atoms with Gasteiger partial charge in [-0.05, 0) is 36.6 Å². The molecular weight excluding hydrogens is 353 g/mol. The van der Waals surface area contributed by atoms with Crippen molar-refractivity contribution in [1.82, 2.24) is 0 Å². The Kier molecular flexibility index (Phi) is 5.43. The second-order valence-electron chi connectivity index (χ2n) is 5.95. The second-order valence-corrected chi connectivity index (χ2v) is 7.48. The Morgan fingerprint density at radius 2 is 1.72 bits per heavy atom. The van der Waals surface area contributed by atoms with Crippen LogP contribution in [0, 0.1) is 6.92 Å². The van der Waals surface area contributed by atoms with E-state index in [2.05, 4.69) is 5.32 Å². The minimum absolute atomic E-state index is 0.0628. The molecule has 0 amide bonds. The van der Waals surface area contributed by atoms with Gasteiger partial charge in [0, 0.05) is 12.2 Å². The minimum Gasteiger partial charge on any atom is -0.384 e. The Morgan fingerprint density at radius 1 is 1.12 bits per heavy atom. The first-order chi connectivity index (χ1) is 11.5. The van der Waals surface area contributed by atoms with Crippen LogP contribution in [0.5, 0.6) is 0 Å². The van der Waals surface area contributed by atoms with Crippen LogP contribution < -0.4 is 10.5 Å². The van der Waals surface area contributed by atoms with Crippen molar-refractivity contribution in [2.75, 3.05) is 11.9 Å². The predicted octanol–water partition coefficient (Wildman–Crippen LogP) is 3.88. The molecule has 1 atom stereocenters. The number of alkyl halides is 3. The van der Waals surface area contributed by atoms with Crippen molar-refractivity contribution in [2.45, 2.75) is 30.8 Å². The topological polar surface area (TPSA) is 72.2 Å². The molecule has 0 fully saturated rings. The maximum absolute atomic E-state index is 13.1. The van der Waals surface area contributed by atoms with Crippen LogP contribution in [0.1, 0.15) is 29.5 Å². The van der Waals surface area contributed by atoms with Crippen molar-refractivity contribution >= 4 is 15.7 Å². The van der Waals surface area contributed by atoms with E-state index in [1.165, 1.54) is 6.07 Å². The summed E-state index contributed by atoms with van der Waals surface area (Å²) in [5.41, 5.74) is 1.08. The molecule has 25 heavy (non-hydrogen) atoms. The zero-order chi connectivity index (χ0) is 18.8. The molecule has 3 N–H and O–H groups in total. The molecule has 1 unspecified atom stereocenters. The van der Waals surface area contributed by atoms with Crippen molar-refractivity contribution in [1.29, 1.82) is 0 Å². The van der Waals surface area contributed by atoms with Gasteiger partial charge in [0.25, 0.3) is 0 Å². The molecule has 4 nitrogen and oxygen atoms in total. The van der Waals surface area contributed by atoms with Crippen LogP contribution in [0.4, 0.5) is 18.9 Å². The minimum atomic E-state index is -4.82. The number of hydrogen-bond donors (Lipinski definition) is 2. The standard InChI is InChI=1S/C17H19F3N2O2S/c1-11-3-5-13(6-4-11)12(2)10-22-14-7-8-16(25(21,23)24)15(9-14)17(18,19)20/h3-9,12,22H,10H2,1-2H3,(H2,21,23,24). The van der Waals surface area contributed by atoms with Crippen LogP contribution in [0.2, 0.25) is 0 Å². The highest BCUT2D eigenvalue weighted by atomic mass is 32.2. The average Bonchev–Trinajstić information content (AvgIpc) is 2.51. The molecule has 0 aliphatic heterocycles. The third kappa shape index (κ3) is 4.96. The number of nitrogens with two attached hydrogens (primary N) is 1. The first kappa shape index (κ1) is 19.3. The zero-order valence-corrected chi connectivity index (χ0v) is 14.6. The fourth-order valence-corrected chi connectivity index (χ4v) is 3.13. The monoisotopic (exact) mass is 372 g/mol. The molecule has 0 spiro atoms. The Balaban J connectivity index is 2.22. The molecule has 0 heterocycles. The van der Waals surface area contributed by atoms with Gasteiger partial charge in [-0.25, -0.2) is 13.6 Å². The summed E-state index contributed by atoms with van der Waals surface area (Å²) in [6.45, 7) is 4.31. The molecule has 0 aliphatic carbocycles. The lowest BCUT2D eigenvalue weighted by Crippen LogP contribution is -2.19. The van der Waals surface area contributed by atoms with Crippen molar-refractivity contribution in [3.63, 3.8) is 0 Å². The summed E-state index contributed by atoms with van der Waals surface area (Å²) in [5, 5.41) is 7.78. The molecule has 0 saturated carbocycles. The quantitative estimate of drug-likeness (QED) is 0.837. The highest BCUT2D eigenvalue weighted by Crippen LogP contribution is 2.35. The first-order valence-electron chi connectivity index (χ1n) is 7.53. The van der Waals surface area contributed by atoms with Crippen molar-refractivity contribution in [3.8, 4) is 0 Å². The molecule has 2 aromatic carbocycles. The van der Waals surface area contributed by atoms with Gasteiger partial charge in [0.2, 0.25) is 10.0 Å². The van der Waals surface area contributed by atoms with Gasteiger partial charge in [-0.15, -0.1) is 0 Å². The van der Waals surface area contributed by atoms with E-state index in [1.807, 2.05) is 38.1 Å². The number of primary sulfonamides is 1. The maximum Gasteiger partial charge on any atom is 0.417 e. The van der Waals surface area contributed by atoms with Crippen LogP contribution in [0.25, 0.3) is 0 Å². The van der Waals surface area contributed by atoms with Gasteiger partial charge in [0.15, 0.2) is 0 Å². The van der Waals surface area contributed by atoms with Crippen LogP contribution in [-0.2, 0) is 16.2 Å². The van der Waals surface area contributed by atoms with E-state index in [9.17, 15) is 21.6 Å². The lowest BCUT2D eigenvalue weighted by atomic mass is 10.00. The molecule has 8 heteroatoms. The average molecular weight is 372 g/mol. The van der Waals surface area contributed by atoms with Crippen molar-refractivity contribution in [2.24, 2.45) is 5.14 Å². The van der Waals surface area contributed by atoms with E-state index < -0.39 is 26.7 Å². The van der Waals surface area contributed by atoms with Gasteiger partial charge in [0.05, 0.1) is 10.5 Å². The molecule has 0 aliphatic rings. The number of halogens is 3. The SMILES string of the molecule is Cc1ccc(C(C)CNc2ccc(S(N)(=O)=O)c(C(F)(F)F)c2)cc1. The summed E-state index contributed by atoms with van der Waals surface area (Å²) < 4.78 is 62.0. The van der Waals surface area contributed by atoms with Crippen LogP contribution in [0.3, 0.4) is 0 Å². The van der Waals surface area contributed by atoms with Gasteiger partial charge in [-0.1, -0.05) is 36.8 Å². The number of aryl methyl sites for hydroxylation is 1. The summed E-state index contributed by atoms with van der Waals surface area (Å²) in [4.78, 5) is -0.933. The molecule has 2 aromatic rings. The van der Waals surface area contributed by atoms with Crippen LogP contribution >= 0.6 is 0 Å². The summed E-state index contributed by atoms with van der Waals surface area (Å²) in [7, 11) is -4.46. The number of nitrogens with one attached hydrogen (secondary N) is 1. The van der Waals surface area contributed by atoms with E-state index in [1.54, 1.807) is 0 Å². The lowest BCUT2D eigenvalue weighted by molar-refractivity contribution is -0.139. The number of sulfonamides is 1. The molecule has 0 saturated heterocycles. The summed E-state index contributed by atoms with van der Waals surface area (Å²) in [5.74, 6) is 0.0628. The Morgan fingerprint density at radius 3 is 2.24 bits per heavy atom. The third-order valence-corrected chi connectivity index (χ3v) is 4.82. The lowest BCUT2D eigenvalue weighted by Gasteiger charge is -2.17. The van der Waals surface area contributed by atoms with Gasteiger partial charge >= 0.3 is 6.18 Å². The van der Waals surface area contributed by atoms with Gasteiger partial charge < -0.3 is 5.32 Å². The summed E-state index contributed by atoms with van der Waals surface area (Å²) >= 11 is 0. The van der Waals surface area contributed by atoms with E-state index in [0.717, 1.165) is 23.3 Å². The van der Waals surface area contributed by atoms with E-state index in [4.69, 9.17) is 5.14 Å². The maximum atomic E-state index is 13.1. The molecule has 0 aromatic heterocycles. The van der Waals surface area contributed by atoms with Crippen LogP contribution in [0.15, 0.2) is 47.4 Å². The second kappa shape index (κ2) is 7.05. The van der Waals surface area contributed by atoms with Crippen LogP contribution in [-0.4, -0.2) is 15.0 Å². The number of benzene rings is 2. The number of rotatable bonds is 5. The molecule has 136 valence electrons. The molecular formula is C17H19F3N2O2S. The summed E-state index contributed by atoms with van der Waals surface area (Å²) in [6.07, 6.45) is -4.82. The van der Waals surface area contributed by atoms with Gasteiger partial charge in [0.1, 0.15) is 0 Å². The molecule has 2 rings (SSSR count). The Bertz CT molecular complexity index is 847. The smallest absolute Gasteiger partial charge is 0.384 e. The van der Waals surface area contributed by atoms with Crippen molar-refractivity contribution < 1.29 is 21.6 Å². The highest BCUT2D eigenvalue weighted by molar-refractivity contribution is 7.89. The van der Waals surface area contributed by atoms with Gasteiger partial charge in [-0.3, -0.25) is 0 Å². The van der Waals surface area contributed by atoms with Crippen molar-refractivity contribution in [3.05, 3.63) is 59.2 Å². The highest BCUT2D eigenvalue weighted by Gasteiger charge is 2.36. The largest absolute Gasteiger partial charge is 0.417 e.